The average molecular weight is 331 g/mol. The first-order valence-electron chi connectivity index (χ1n) is 8.33. The van der Waals surface area contributed by atoms with Crippen molar-refractivity contribution in [3.63, 3.8) is 0 Å². The number of rotatable bonds is 4. The lowest BCUT2D eigenvalue weighted by Crippen LogP contribution is -2.41. The van der Waals surface area contributed by atoms with Crippen LogP contribution in [0.3, 0.4) is 0 Å². The number of hydrogen-bond acceptors (Lipinski definition) is 3. The van der Waals surface area contributed by atoms with Crippen molar-refractivity contribution in [2.45, 2.75) is 58.5 Å². The Bertz CT molecular complexity index is 572. The highest BCUT2D eigenvalue weighted by molar-refractivity contribution is 6.88. The molecular formula is C18H30BNO2Si. The second-order valence-corrected chi connectivity index (χ2v) is 13.5. The van der Waals surface area contributed by atoms with E-state index < -0.39 is 8.07 Å². The summed E-state index contributed by atoms with van der Waals surface area (Å²) in [6.07, 6.45) is 2.09. The van der Waals surface area contributed by atoms with Crippen LogP contribution < -0.4 is 10.9 Å². The van der Waals surface area contributed by atoms with Gasteiger partial charge in [-0.3, -0.25) is 0 Å². The van der Waals surface area contributed by atoms with Gasteiger partial charge in [0.1, 0.15) is 0 Å². The Balaban J connectivity index is 2.23. The number of hydrogen-bond donors (Lipinski definition) is 1. The molecule has 0 aromatic heterocycles. The minimum atomic E-state index is -1.26. The normalized spacial score (nSPS) is 20.9. The summed E-state index contributed by atoms with van der Waals surface area (Å²) in [5, 5.41) is 1.46. The van der Waals surface area contributed by atoms with Crippen LogP contribution in [0.25, 0.3) is 6.08 Å². The molecule has 1 saturated heterocycles. The largest absolute Gasteiger partial charge is 0.491 e. The molecule has 0 atom stereocenters. The first kappa shape index (κ1) is 18.5. The van der Waals surface area contributed by atoms with E-state index in [-0.39, 0.29) is 18.3 Å². The van der Waals surface area contributed by atoms with Crippen LogP contribution in [0.15, 0.2) is 29.7 Å². The Kier molecular flexibility index (Phi) is 4.98. The minimum Gasteiger partial charge on any atom is -0.400 e. The predicted octanol–water partition coefficient (Wildman–Crippen LogP) is 3.21. The van der Waals surface area contributed by atoms with Crippen LogP contribution in [-0.4, -0.2) is 32.9 Å². The molecule has 3 nitrogen and oxygen atoms in total. The van der Waals surface area contributed by atoms with Gasteiger partial charge < -0.3 is 15.0 Å². The molecule has 0 radical (unpaired) electrons. The third-order valence-electron chi connectivity index (χ3n) is 4.92. The third kappa shape index (κ3) is 3.97. The maximum absolute atomic E-state index is 6.10. The molecule has 0 unspecified atom stereocenters. The standard InChI is InChI=1S/C18H30BNO2Si/c1-17(2)18(3,4)22-19(21-17)15(13-20)12-14-8-10-16(11-9-14)23(5,6)7/h8-12H,13,20H2,1-7H3. The molecule has 1 aromatic rings. The van der Waals surface area contributed by atoms with Crippen molar-refractivity contribution in [2.75, 3.05) is 6.54 Å². The smallest absolute Gasteiger partial charge is 0.400 e. The quantitative estimate of drug-likeness (QED) is 0.862. The highest BCUT2D eigenvalue weighted by atomic mass is 28.3. The van der Waals surface area contributed by atoms with E-state index in [1.165, 1.54) is 5.19 Å². The summed E-state index contributed by atoms with van der Waals surface area (Å²) in [4.78, 5) is 0. The van der Waals surface area contributed by atoms with Crippen molar-refractivity contribution < 1.29 is 9.31 Å². The molecule has 126 valence electrons. The summed E-state index contributed by atoms with van der Waals surface area (Å²) < 4.78 is 12.2. The van der Waals surface area contributed by atoms with Crippen LogP contribution in [0.4, 0.5) is 0 Å². The van der Waals surface area contributed by atoms with Crippen molar-refractivity contribution in [3.05, 3.63) is 35.3 Å². The minimum absolute atomic E-state index is 0.340. The molecule has 0 spiro atoms. The average Bonchev–Trinajstić information content (AvgIpc) is 2.64. The molecule has 1 aliphatic heterocycles. The van der Waals surface area contributed by atoms with Crippen LogP contribution >= 0.6 is 0 Å². The topological polar surface area (TPSA) is 44.5 Å². The zero-order chi connectivity index (χ0) is 17.5. The molecule has 1 heterocycles. The zero-order valence-electron chi connectivity index (χ0n) is 15.6. The zero-order valence-corrected chi connectivity index (χ0v) is 16.6. The lowest BCUT2D eigenvalue weighted by Gasteiger charge is -2.32. The molecule has 23 heavy (non-hydrogen) atoms. The molecule has 0 saturated carbocycles. The van der Waals surface area contributed by atoms with Gasteiger partial charge in [-0.1, -0.05) is 55.2 Å². The molecule has 2 rings (SSSR count). The predicted molar refractivity (Wildman–Crippen MR) is 103 cm³/mol. The van der Waals surface area contributed by atoms with Crippen LogP contribution in [0.1, 0.15) is 33.3 Å². The number of benzene rings is 1. The van der Waals surface area contributed by atoms with Gasteiger partial charge >= 0.3 is 7.12 Å². The molecular weight excluding hydrogens is 301 g/mol. The summed E-state index contributed by atoms with van der Waals surface area (Å²) in [7, 11) is -1.64. The second kappa shape index (κ2) is 6.21. The molecule has 2 N–H and O–H groups in total. The van der Waals surface area contributed by atoms with E-state index >= 15 is 0 Å². The van der Waals surface area contributed by atoms with E-state index in [4.69, 9.17) is 15.0 Å². The van der Waals surface area contributed by atoms with Gasteiger partial charge in [0, 0.05) is 6.54 Å². The fourth-order valence-corrected chi connectivity index (χ4v) is 3.68. The molecule has 5 heteroatoms. The summed E-state index contributed by atoms with van der Waals surface area (Å²) in [5.41, 5.74) is 7.39. The van der Waals surface area contributed by atoms with Gasteiger partial charge in [0.15, 0.2) is 0 Å². The second-order valence-electron chi connectivity index (χ2n) is 8.38. The molecule has 0 bridgehead atoms. The molecule has 0 amide bonds. The van der Waals surface area contributed by atoms with Crippen LogP contribution in [0.2, 0.25) is 19.6 Å². The van der Waals surface area contributed by atoms with Gasteiger partial charge in [-0.15, -0.1) is 0 Å². The van der Waals surface area contributed by atoms with E-state index in [9.17, 15) is 0 Å². The van der Waals surface area contributed by atoms with Crippen LogP contribution in [0.5, 0.6) is 0 Å². The van der Waals surface area contributed by atoms with Crippen molar-refractivity contribution >= 4 is 26.5 Å². The fourth-order valence-electron chi connectivity index (χ4n) is 2.51. The van der Waals surface area contributed by atoms with Crippen LogP contribution in [-0.2, 0) is 9.31 Å². The highest BCUT2D eigenvalue weighted by Crippen LogP contribution is 2.38. The van der Waals surface area contributed by atoms with Gasteiger partial charge in [-0.25, -0.2) is 0 Å². The fraction of sp³-hybridized carbons (Fsp3) is 0.556. The first-order valence-corrected chi connectivity index (χ1v) is 11.8. The maximum Gasteiger partial charge on any atom is 0.491 e. The van der Waals surface area contributed by atoms with Gasteiger partial charge in [0.25, 0.3) is 0 Å². The van der Waals surface area contributed by atoms with Gasteiger partial charge in [-0.05, 0) is 38.7 Å². The first-order chi connectivity index (χ1) is 10.5. The van der Waals surface area contributed by atoms with Crippen molar-refractivity contribution in [2.24, 2.45) is 5.73 Å². The maximum atomic E-state index is 6.10. The monoisotopic (exact) mass is 331 g/mol. The third-order valence-corrected chi connectivity index (χ3v) is 6.99. The van der Waals surface area contributed by atoms with E-state index in [1.807, 2.05) is 0 Å². The highest BCUT2D eigenvalue weighted by Gasteiger charge is 2.52. The lowest BCUT2D eigenvalue weighted by molar-refractivity contribution is 0.00578. The van der Waals surface area contributed by atoms with Gasteiger partial charge in [0.05, 0.1) is 19.3 Å². The molecule has 1 aromatic carbocycles. The van der Waals surface area contributed by atoms with E-state index in [2.05, 4.69) is 77.7 Å². The van der Waals surface area contributed by atoms with E-state index in [0.29, 0.717) is 6.54 Å². The van der Waals surface area contributed by atoms with Crippen LogP contribution in [0, 0.1) is 0 Å². The Morgan fingerprint density at radius 3 is 1.91 bits per heavy atom. The molecule has 0 aliphatic carbocycles. The summed E-state index contributed by atoms with van der Waals surface area (Å²) in [6, 6.07) is 8.79. The van der Waals surface area contributed by atoms with E-state index in [0.717, 1.165) is 11.0 Å². The number of nitrogens with two attached hydrogens (primary N) is 1. The SMILES string of the molecule is CC1(C)OB(C(=Cc2ccc([Si](C)(C)C)cc2)CN)OC1(C)C. The van der Waals surface area contributed by atoms with Crippen molar-refractivity contribution in [1.29, 1.82) is 0 Å². The molecule has 1 fully saturated rings. The summed E-state index contributed by atoms with van der Waals surface area (Å²) in [6.45, 7) is 15.7. The molecule has 1 aliphatic rings. The Morgan fingerprint density at radius 1 is 1.04 bits per heavy atom. The van der Waals surface area contributed by atoms with Gasteiger partial charge in [0.2, 0.25) is 0 Å². The van der Waals surface area contributed by atoms with E-state index in [1.54, 1.807) is 0 Å². The summed E-state index contributed by atoms with van der Waals surface area (Å²) >= 11 is 0. The Morgan fingerprint density at radius 2 is 1.52 bits per heavy atom. The Labute approximate surface area is 142 Å². The van der Waals surface area contributed by atoms with Gasteiger partial charge in [-0.2, -0.15) is 0 Å². The summed E-state index contributed by atoms with van der Waals surface area (Å²) in [5.74, 6) is 0. The Hall–Kier alpha value is -0.878. The van der Waals surface area contributed by atoms with Crippen molar-refractivity contribution in [1.82, 2.24) is 0 Å². The lowest BCUT2D eigenvalue weighted by atomic mass is 9.77. The van der Waals surface area contributed by atoms with Crippen molar-refractivity contribution in [3.8, 4) is 0 Å².